The van der Waals surface area contributed by atoms with Gasteiger partial charge in [-0.25, -0.2) is 13.1 Å². The van der Waals surface area contributed by atoms with Crippen molar-refractivity contribution in [2.75, 3.05) is 33.3 Å². The summed E-state index contributed by atoms with van der Waals surface area (Å²) in [5.74, 6) is 0.989. The molecule has 7 nitrogen and oxygen atoms in total. The monoisotopic (exact) mass is 392 g/mol. The molecule has 0 spiro atoms. The fraction of sp³-hybridized carbons (Fsp3) is 0.526. The Hall–Kier alpha value is -1.90. The smallest absolute Gasteiger partial charge is 0.240 e. The third-order valence-electron chi connectivity index (χ3n) is 4.96. The quantitative estimate of drug-likeness (QED) is 0.706. The van der Waals surface area contributed by atoms with Crippen molar-refractivity contribution in [3.05, 3.63) is 42.7 Å². The van der Waals surface area contributed by atoms with Gasteiger partial charge in [0.05, 0.1) is 12.0 Å². The summed E-state index contributed by atoms with van der Waals surface area (Å²) in [5, 5.41) is 4.22. The standard InChI is InChI=1S/C19H28N4O3S/c1-26-18-6-8-19(9-7-18)27(24,25)21-15-17-5-2-11-22(16-17)12-4-14-23-13-3-10-20-23/h3,6-10,13,17,21H,2,4-5,11-12,14-16H2,1H3/t17-/m0/s1. The van der Waals surface area contributed by atoms with E-state index in [2.05, 4.69) is 14.7 Å². The van der Waals surface area contributed by atoms with Crippen LogP contribution in [0.3, 0.4) is 0 Å². The maximum Gasteiger partial charge on any atom is 0.240 e. The van der Waals surface area contributed by atoms with Gasteiger partial charge in [0.1, 0.15) is 5.75 Å². The molecule has 1 aromatic carbocycles. The number of ether oxygens (including phenoxy) is 1. The number of hydrogen-bond donors (Lipinski definition) is 1. The number of piperidine rings is 1. The highest BCUT2D eigenvalue weighted by Crippen LogP contribution is 2.18. The molecular weight excluding hydrogens is 364 g/mol. The highest BCUT2D eigenvalue weighted by molar-refractivity contribution is 7.89. The summed E-state index contributed by atoms with van der Waals surface area (Å²) in [7, 11) is -1.92. The first-order valence-corrected chi connectivity index (χ1v) is 10.9. The Morgan fingerprint density at radius 2 is 2.07 bits per heavy atom. The minimum Gasteiger partial charge on any atom is -0.497 e. The maximum atomic E-state index is 12.5. The van der Waals surface area contributed by atoms with Crippen LogP contribution >= 0.6 is 0 Å². The summed E-state index contributed by atoms with van der Waals surface area (Å²) in [4.78, 5) is 2.70. The molecule has 27 heavy (non-hydrogen) atoms. The Morgan fingerprint density at radius 1 is 1.26 bits per heavy atom. The number of aromatic nitrogens is 2. The molecule has 1 aliphatic heterocycles. The molecule has 148 valence electrons. The van der Waals surface area contributed by atoms with Gasteiger partial charge in [-0.15, -0.1) is 0 Å². The summed E-state index contributed by atoms with van der Waals surface area (Å²) < 4.78 is 34.8. The van der Waals surface area contributed by atoms with Gasteiger partial charge in [-0.3, -0.25) is 4.68 Å². The Morgan fingerprint density at radius 3 is 2.78 bits per heavy atom. The van der Waals surface area contributed by atoms with Gasteiger partial charge in [-0.05, 0) is 68.6 Å². The lowest BCUT2D eigenvalue weighted by Gasteiger charge is -2.32. The molecule has 3 rings (SSSR count). The third kappa shape index (κ3) is 5.79. The second kappa shape index (κ2) is 9.34. The van der Waals surface area contributed by atoms with E-state index in [1.54, 1.807) is 37.6 Å². The second-order valence-electron chi connectivity index (χ2n) is 6.96. The number of methoxy groups -OCH3 is 1. The molecular formula is C19H28N4O3S. The van der Waals surface area contributed by atoms with E-state index in [4.69, 9.17) is 4.74 Å². The van der Waals surface area contributed by atoms with Crippen molar-refractivity contribution in [3.8, 4) is 5.75 Å². The average molecular weight is 393 g/mol. The first-order chi connectivity index (χ1) is 13.1. The van der Waals surface area contributed by atoms with Gasteiger partial charge < -0.3 is 9.64 Å². The molecule has 1 aromatic heterocycles. The van der Waals surface area contributed by atoms with Crippen LogP contribution in [-0.4, -0.2) is 56.4 Å². The zero-order valence-electron chi connectivity index (χ0n) is 15.8. The summed E-state index contributed by atoms with van der Waals surface area (Å²) in [5.41, 5.74) is 0. The van der Waals surface area contributed by atoms with Crippen molar-refractivity contribution in [1.82, 2.24) is 19.4 Å². The Labute approximate surface area is 161 Å². The number of aryl methyl sites for hydroxylation is 1. The number of benzene rings is 1. The predicted octanol–water partition coefficient (Wildman–Crippen LogP) is 1.97. The van der Waals surface area contributed by atoms with E-state index in [9.17, 15) is 8.42 Å². The minimum atomic E-state index is -3.48. The number of sulfonamides is 1. The van der Waals surface area contributed by atoms with Gasteiger partial charge in [-0.1, -0.05) is 0 Å². The van der Waals surface area contributed by atoms with Gasteiger partial charge in [0, 0.05) is 32.0 Å². The predicted molar refractivity (Wildman–Crippen MR) is 104 cm³/mol. The number of rotatable bonds is 9. The van der Waals surface area contributed by atoms with Crippen molar-refractivity contribution >= 4 is 10.0 Å². The lowest BCUT2D eigenvalue weighted by molar-refractivity contribution is 0.171. The molecule has 1 aliphatic rings. The minimum absolute atomic E-state index is 0.273. The van der Waals surface area contributed by atoms with Crippen LogP contribution in [0.5, 0.6) is 5.75 Å². The van der Waals surface area contributed by atoms with E-state index < -0.39 is 10.0 Å². The molecule has 1 fully saturated rings. The van der Waals surface area contributed by atoms with Crippen molar-refractivity contribution in [2.45, 2.75) is 30.7 Å². The largest absolute Gasteiger partial charge is 0.497 e. The van der Waals surface area contributed by atoms with E-state index in [0.717, 1.165) is 45.4 Å². The van der Waals surface area contributed by atoms with E-state index in [0.29, 0.717) is 18.2 Å². The van der Waals surface area contributed by atoms with Crippen LogP contribution in [0, 0.1) is 5.92 Å². The van der Waals surface area contributed by atoms with Crippen molar-refractivity contribution < 1.29 is 13.2 Å². The Balaban J connectivity index is 1.45. The molecule has 0 radical (unpaired) electrons. The van der Waals surface area contributed by atoms with Crippen LogP contribution in [0.2, 0.25) is 0 Å². The van der Waals surface area contributed by atoms with Crippen LogP contribution in [0.15, 0.2) is 47.6 Å². The molecule has 2 heterocycles. The van der Waals surface area contributed by atoms with Gasteiger partial charge in [0.15, 0.2) is 0 Å². The molecule has 0 unspecified atom stereocenters. The average Bonchev–Trinajstić information content (AvgIpc) is 3.20. The zero-order valence-corrected chi connectivity index (χ0v) is 16.6. The molecule has 0 amide bonds. The van der Waals surface area contributed by atoms with Crippen LogP contribution in [0.1, 0.15) is 19.3 Å². The van der Waals surface area contributed by atoms with Gasteiger partial charge in [0.2, 0.25) is 10.0 Å². The fourth-order valence-electron chi connectivity index (χ4n) is 3.48. The summed E-state index contributed by atoms with van der Waals surface area (Å²) in [6.45, 7) is 4.43. The first kappa shape index (κ1) is 19.9. The van der Waals surface area contributed by atoms with E-state index in [1.165, 1.54) is 0 Å². The lowest BCUT2D eigenvalue weighted by atomic mass is 9.98. The fourth-order valence-corrected chi connectivity index (χ4v) is 4.59. The SMILES string of the molecule is COc1ccc(S(=O)(=O)NC[C@@H]2CCCN(CCCn3cccn3)C2)cc1. The molecule has 1 N–H and O–H groups in total. The summed E-state index contributed by atoms with van der Waals surface area (Å²) >= 11 is 0. The number of likely N-dealkylation sites (tertiary alicyclic amines) is 1. The van der Waals surface area contributed by atoms with Gasteiger partial charge in [0.25, 0.3) is 0 Å². The molecule has 8 heteroatoms. The van der Waals surface area contributed by atoms with E-state index in [1.807, 2.05) is 16.9 Å². The van der Waals surface area contributed by atoms with Crippen molar-refractivity contribution in [3.63, 3.8) is 0 Å². The van der Waals surface area contributed by atoms with Crippen molar-refractivity contribution in [1.29, 1.82) is 0 Å². The molecule has 0 bridgehead atoms. The van der Waals surface area contributed by atoms with Crippen LogP contribution in [-0.2, 0) is 16.6 Å². The number of nitrogens with zero attached hydrogens (tertiary/aromatic N) is 3. The maximum absolute atomic E-state index is 12.5. The highest BCUT2D eigenvalue weighted by atomic mass is 32.2. The summed E-state index contributed by atoms with van der Waals surface area (Å²) in [6, 6.07) is 8.41. The van der Waals surface area contributed by atoms with Crippen LogP contribution < -0.4 is 9.46 Å². The lowest BCUT2D eigenvalue weighted by Crippen LogP contribution is -2.41. The highest BCUT2D eigenvalue weighted by Gasteiger charge is 2.22. The molecule has 1 atom stereocenters. The molecule has 0 aliphatic carbocycles. The third-order valence-corrected chi connectivity index (χ3v) is 6.40. The van der Waals surface area contributed by atoms with Gasteiger partial charge in [-0.2, -0.15) is 5.10 Å². The van der Waals surface area contributed by atoms with Gasteiger partial charge >= 0.3 is 0 Å². The molecule has 2 aromatic rings. The Kier molecular flexibility index (Phi) is 6.87. The molecule has 1 saturated heterocycles. The Bertz CT molecular complexity index is 791. The number of hydrogen-bond acceptors (Lipinski definition) is 5. The summed E-state index contributed by atoms with van der Waals surface area (Å²) in [6.07, 6.45) is 6.99. The number of nitrogens with one attached hydrogen (secondary N) is 1. The molecule has 0 saturated carbocycles. The second-order valence-corrected chi connectivity index (χ2v) is 8.73. The normalized spacial score (nSPS) is 18.5. The topological polar surface area (TPSA) is 76.5 Å². The van der Waals surface area contributed by atoms with Crippen molar-refractivity contribution in [2.24, 2.45) is 5.92 Å². The zero-order chi connectivity index (χ0) is 19.1. The van der Waals surface area contributed by atoms with Crippen LogP contribution in [0.25, 0.3) is 0 Å². The van der Waals surface area contributed by atoms with E-state index >= 15 is 0 Å². The van der Waals surface area contributed by atoms with Crippen LogP contribution in [0.4, 0.5) is 0 Å². The first-order valence-electron chi connectivity index (χ1n) is 9.40. The van der Waals surface area contributed by atoms with E-state index in [-0.39, 0.29) is 4.90 Å².